The first-order valence-corrected chi connectivity index (χ1v) is 11.9. The van der Waals surface area contributed by atoms with E-state index < -0.39 is 10.8 Å². The van der Waals surface area contributed by atoms with Crippen LogP contribution in [0.25, 0.3) is 0 Å². The molecular formula is C22H33N5O2S. The Kier molecular flexibility index (Phi) is 7.66. The molecular weight excluding hydrogens is 398 g/mol. The minimum absolute atomic E-state index is 0.00309. The largest absolute Gasteiger partial charge is 0.405 e. The summed E-state index contributed by atoms with van der Waals surface area (Å²) >= 11 is 0. The molecule has 1 aromatic rings. The summed E-state index contributed by atoms with van der Waals surface area (Å²) < 4.78 is 12.5. The predicted molar refractivity (Wildman–Crippen MR) is 123 cm³/mol. The summed E-state index contributed by atoms with van der Waals surface area (Å²) in [4.78, 5) is 12.4. The third-order valence-electron chi connectivity index (χ3n) is 5.85. The van der Waals surface area contributed by atoms with Crippen molar-refractivity contribution in [2.45, 2.75) is 44.0 Å². The summed E-state index contributed by atoms with van der Waals surface area (Å²) in [6.07, 6.45) is 10.0. The van der Waals surface area contributed by atoms with Crippen molar-refractivity contribution in [1.82, 2.24) is 9.97 Å². The van der Waals surface area contributed by atoms with Crippen molar-refractivity contribution in [2.24, 2.45) is 17.6 Å². The van der Waals surface area contributed by atoms with Gasteiger partial charge >= 0.3 is 0 Å². The zero-order chi connectivity index (χ0) is 21.7. The van der Waals surface area contributed by atoms with Gasteiger partial charge in [0.05, 0.1) is 29.1 Å². The van der Waals surface area contributed by atoms with Crippen molar-refractivity contribution in [3.05, 3.63) is 42.3 Å². The van der Waals surface area contributed by atoms with Crippen LogP contribution in [-0.4, -0.2) is 50.8 Å². The fourth-order valence-electron chi connectivity index (χ4n) is 4.01. The smallest absolute Gasteiger partial charge is 0.227 e. The lowest BCUT2D eigenvalue weighted by atomic mass is 9.89. The molecule has 1 fully saturated rings. The number of hydrogen-bond acceptors (Lipinski definition) is 7. The maximum Gasteiger partial charge on any atom is 0.227 e. The van der Waals surface area contributed by atoms with Crippen LogP contribution in [0.5, 0.6) is 0 Å². The molecule has 1 saturated heterocycles. The molecule has 0 bridgehead atoms. The quantitative estimate of drug-likeness (QED) is 0.543. The Balaban J connectivity index is 1.82. The number of allylic oxidation sites excluding steroid dienone is 4. The van der Waals surface area contributed by atoms with Gasteiger partial charge in [-0.15, -0.1) is 0 Å². The molecule has 2 aliphatic rings. The summed E-state index contributed by atoms with van der Waals surface area (Å²) in [7, 11) is -1.09. The normalized spacial score (nSPS) is 21.3. The van der Waals surface area contributed by atoms with E-state index in [4.69, 9.17) is 15.7 Å². The number of nitrogens with one attached hydrogen (secondary N) is 1. The van der Waals surface area contributed by atoms with Crippen molar-refractivity contribution < 1.29 is 9.32 Å². The molecule has 1 aromatic heterocycles. The van der Waals surface area contributed by atoms with Gasteiger partial charge < -0.3 is 21.1 Å². The number of anilines is 2. The van der Waals surface area contributed by atoms with Crippen LogP contribution in [-0.2, 0) is 17.2 Å². The highest BCUT2D eigenvalue weighted by Gasteiger charge is 2.30. The van der Waals surface area contributed by atoms with Crippen LogP contribution in [0.15, 0.2) is 41.5 Å². The van der Waals surface area contributed by atoms with Gasteiger partial charge in [-0.05, 0) is 42.5 Å². The van der Waals surface area contributed by atoms with Crippen LogP contribution >= 0.6 is 0 Å². The maximum absolute atomic E-state index is 12.5. The summed E-state index contributed by atoms with van der Waals surface area (Å²) in [5.74, 6) is 2.52. The third kappa shape index (κ3) is 4.92. The first-order chi connectivity index (χ1) is 14.5. The molecule has 30 heavy (non-hydrogen) atoms. The minimum atomic E-state index is -1.09. The van der Waals surface area contributed by atoms with E-state index >= 15 is 0 Å². The van der Waals surface area contributed by atoms with Crippen LogP contribution in [0.4, 0.5) is 11.8 Å². The van der Waals surface area contributed by atoms with Crippen molar-refractivity contribution in [3.63, 3.8) is 0 Å². The molecule has 8 heteroatoms. The number of aryl methyl sites for hydroxylation is 1. The SMILES string of the molecule is C=C/C=C(\C=C/N)C1CCN(c2nc3c(c(N[C@@H](CO)C(C)C)n2)S(=O)CC3)CC1. The van der Waals surface area contributed by atoms with Crippen LogP contribution in [0, 0.1) is 11.8 Å². The van der Waals surface area contributed by atoms with Crippen molar-refractivity contribution in [1.29, 1.82) is 0 Å². The second-order valence-electron chi connectivity index (χ2n) is 8.15. The molecule has 3 heterocycles. The molecule has 0 aliphatic carbocycles. The van der Waals surface area contributed by atoms with E-state index in [1.807, 2.05) is 26.0 Å². The fraction of sp³-hybridized carbons (Fsp3) is 0.545. The Bertz CT molecular complexity index is 844. The monoisotopic (exact) mass is 431 g/mol. The molecule has 164 valence electrons. The van der Waals surface area contributed by atoms with Gasteiger partial charge in [-0.25, -0.2) is 4.98 Å². The molecule has 0 radical (unpaired) electrons. The third-order valence-corrected chi connectivity index (χ3v) is 7.31. The molecule has 3 rings (SSSR count). The number of nitrogens with two attached hydrogens (primary N) is 1. The van der Waals surface area contributed by atoms with Crippen molar-refractivity contribution >= 4 is 22.6 Å². The second-order valence-corrected chi connectivity index (χ2v) is 9.66. The Hall–Kier alpha value is -2.19. The van der Waals surface area contributed by atoms with Gasteiger partial charge in [-0.1, -0.05) is 32.6 Å². The number of aromatic nitrogens is 2. The topological polar surface area (TPSA) is 104 Å². The van der Waals surface area contributed by atoms with Crippen LogP contribution in [0.3, 0.4) is 0 Å². The number of rotatable bonds is 8. The highest BCUT2D eigenvalue weighted by molar-refractivity contribution is 7.85. The molecule has 0 aromatic carbocycles. The molecule has 2 atom stereocenters. The van der Waals surface area contributed by atoms with E-state index in [9.17, 15) is 9.32 Å². The maximum atomic E-state index is 12.5. The van der Waals surface area contributed by atoms with E-state index in [2.05, 4.69) is 16.8 Å². The number of nitrogens with zero attached hydrogens (tertiary/aromatic N) is 3. The average Bonchev–Trinajstić information content (AvgIpc) is 3.12. The van der Waals surface area contributed by atoms with Gasteiger partial charge in [0.25, 0.3) is 0 Å². The van der Waals surface area contributed by atoms with Crippen LogP contribution in [0.2, 0.25) is 0 Å². The summed E-state index contributed by atoms with van der Waals surface area (Å²) in [6.45, 7) is 9.56. The molecule has 4 N–H and O–H groups in total. The van der Waals surface area contributed by atoms with E-state index in [0.29, 0.717) is 34.8 Å². The highest BCUT2D eigenvalue weighted by Crippen LogP contribution is 2.33. The average molecular weight is 432 g/mol. The zero-order valence-corrected chi connectivity index (χ0v) is 18.7. The van der Waals surface area contributed by atoms with Gasteiger partial charge in [-0.2, -0.15) is 4.98 Å². The summed E-state index contributed by atoms with van der Waals surface area (Å²) in [5.41, 5.74) is 7.66. The Labute approximate surface area is 181 Å². The van der Waals surface area contributed by atoms with Gasteiger partial charge in [0, 0.05) is 25.3 Å². The van der Waals surface area contributed by atoms with E-state index in [1.54, 1.807) is 12.3 Å². The number of aliphatic hydroxyl groups is 1. The second kappa shape index (κ2) is 10.2. The zero-order valence-electron chi connectivity index (χ0n) is 17.9. The Morgan fingerprint density at radius 2 is 2.13 bits per heavy atom. The van der Waals surface area contributed by atoms with Gasteiger partial charge in [0.1, 0.15) is 10.7 Å². The minimum Gasteiger partial charge on any atom is -0.405 e. The van der Waals surface area contributed by atoms with Gasteiger partial charge in [-0.3, -0.25) is 4.21 Å². The van der Waals surface area contributed by atoms with E-state index in [0.717, 1.165) is 31.6 Å². The standard InChI is InChI=1S/C22H33N5O2S/c1-4-5-16(6-10-23)17-7-11-27(12-8-17)22-25-18-9-13-30(29)20(18)21(26-22)24-19(14-28)15(2)3/h4-6,10,15,17,19,28H,1,7-9,11-14,23H2,2-3H3,(H,24,25,26)/b10-6-,16-5+/t19-,30?/m0/s1. The molecule has 1 unspecified atom stereocenters. The van der Waals surface area contributed by atoms with Crippen LogP contribution in [0.1, 0.15) is 32.4 Å². The fourth-order valence-corrected chi connectivity index (χ4v) is 5.32. The summed E-state index contributed by atoms with van der Waals surface area (Å²) in [5, 5.41) is 13.1. The highest BCUT2D eigenvalue weighted by atomic mass is 32.2. The first-order valence-electron chi connectivity index (χ1n) is 10.6. The van der Waals surface area contributed by atoms with Gasteiger partial charge in [0.15, 0.2) is 0 Å². The number of piperidine rings is 1. The van der Waals surface area contributed by atoms with E-state index in [1.165, 1.54) is 5.57 Å². The van der Waals surface area contributed by atoms with Crippen LogP contribution < -0.4 is 16.0 Å². The lowest BCUT2D eigenvalue weighted by Gasteiger charge is -2.33. The van der Waals surface area contributed by atoms with E-state index in [-0.39, 0.29) is 18.6 Å². The molecule has 0 spiro atoms. The number of hydrogen-bond donors (Lipinski definition) is 3. The Morgan fingerprint density at radius 3 is 2.73 bits per heavy atom. The van der Waals surface area contributed by atoms with Crippen molar-refractivity contribution in [2.75, 3.05) is 35.7 Å². The van der Waals surface area contributed by atoms with Crippen molar-refractivity contribution in [3.8, 4) is 0 Å². The molecule has 0 saturated carbocycles. The first kappa shape index (κ1) is 22.5. The number of aliphatic hydroxyl groups excluding tert-OH is 1. The lowest BCUT2D eigenvalue weighted by molar-refractivity contribution is 0.249. The Morgan fingerprint density at radius 1 is 1.40 bits per heavy atom. The number of fused-ring (bicyclic) bond motifs is 1. The molecule has 0 amide bonds. The lowest BCUT2D eigenvalue weighted by Crippen LogP contribution is -2.36. The molecule has 7 nitrogen and oxygen atoms in total. The van der Waals surface area contributed by atoms with Gasteiger partial charge in [0.2, 0.25) is 5.95 Å². The predicted octanol–water partition coefficient (Wildman–Crippen LogP) is 2.37. The summed E-state index contributed by atoms with van der Waals surface area (Å²) in [6, 6.07) is -0.144. The molecule has 2 aliphatic heterocycles.